The summed E-state index contributed by atoms with van der Waals surface area (Å²) >= 11 is 0. The first-order chi connectivity index (χ1) is 11.6. The summed E-state index contributed by atoms with van der Waals surface area (Å²) < 4.78 is 12.9. The molecular weight excluding hydrogens is 309 g/mol. The number of benzene rings is 2. The summed E-state index contributed by atoms with van der Waals surface area (Å²) in [4.78, 5) is 25.7. The molecule has 1 aliphatic rings. The second kappa shape index (κ2) is 7.12. The first-order valence-corrected chi connectivity index (χ1v) is 7.82. The van der Waals surface area contributed by atoms with Crippen molar-refractivity contribution >= 4 is 28.9 Å². The summed E-state index contributed by atoms with van der Waals surface area (Å²) in [6, 6.07) is 13.0. The molecule has 1 saturated heterocycles. The van der Waals surface area contributed by atoms with E-state index in [1.807, 2.05) is 24.3 Å². The fraction of sp³-hybridized carbons (Fsp3) is 0.222. The van der Waals surface area contributed by atoms with Crippen LogP contribution in [0.25, 0.3) is 0 Å². The molecule has 0 bridgehead atoms. The van der Waals surface area contributed by atoms with Crippen LogP contribution in [0.4, 0.5) is 21.5 Å². The molecule has 1 fully saturated rings. The summed E-state index contributed by atoms with van der Waals surface area (Å²) in [5.41, 5.74) is 2.06. The molecule has 0 atom stereocenters. The molecule has 0 radical (unpaired) electrons. The van der Waals surface area contributed by atoms with Gasteiger partial charge < -0.3 is 15.5 Å². The molecule has 24 heavy (non-hydrogen) atoms. The highest BCUT2D eigenvalue weighted by atomic mass is 19.1. The Morgan fingerprint density at radius 3 is 2.58 bits per heavy atom. The molecule has 0 unspecified atom stereocenters. The Morgan fingerprint density at radius 2 is 1.88 bits per heavy atom. The van der Waals surface area contributed by atoms with Gasteiger partial charge >= 0.3 is 0 Å². The van der Waals surface area contributed by atoms with Crippen molar-refractivity contribution < 1.29 is 14.0 Å². The number of para-hydroxylation sites is 2. The van der Waals surface area contributed by atoms with Crippen molar-refractivity contribution in [1.29, 1.82) is 0 Å². The van der Waals surface area contributed by atoms with Crippen LogP contribution >= 0.6 is 0 Å². The SMILES string of the molecule is O=C(CNc1ccccc1N1CCCC1=O)Nc1ccc(F)cc1. The summed E-state index contributed by atoms with van der Waals surface area (Å²) in [7, 11) is 0. The van der Waals surface area contributed by atoms with Crippen LogP contribution in [0.15, 0.2) is 48.5 Å². The molecule has 1 heterocycles. The van der Waals surface area contributed by atoms with Crippen molar-refractivity contribution in [1.82, 2.24) is 0 Å². The molecule has 0 spiro atoms. The number of carbonyl (C=O) groups excluding carboxylic acids is 2. The minimum absolute atomic E-state index is 0.0520. The van der Waals surface area contributed by atoms with E-state index in [0.717, 1.165) is 17.8 Å². The standard InChI is InChI=1S/C18H18FN3O2/c19-13-7-9-14(10-8-13)21-17(23)12-20-15-4-1-2-5-16(15)22-11-3-6-18(22)24/h1-2,4-5,7-10,20H,3,6,11-12H2,(H,21,23). The van der Waals surface area contributed by atoms with Crippen LogP contribution in [-0.2, 0) is 9.59 Å². The molecule has 1 aliphatic heterocycles. The van der Waals surface area contributed by atoms with E-state index in [4.69, 9.17) is 0 Å². The molecule has 2 aromatic rings. The number of nitrogens with zero attached hydrogens (tertiary/aromatic N) is 1. The average Bonchev–Trinajstić information content (AvgIpc) is 3.01. The van der Waals surface area contributed by atoms with E-state index >= 15 is 0 Å². The van der Waals surface area contributed by atoms with E-state index in [-0.39, 0.29) is 24.2 Å². The third-order valence-electron chi connectivity index (χ3n) is 3.84. The summed E-state index contributed by atoms with van der Waals surface area (Å²) in [5, 5.41) is 5.75. The van der Waals surface area contributed by atoms with E-state index in [1.54, 1.807) is 4.90 Å². The quantitative estimate of drug-likeness (QED) is 0.887. The van der Waals surface area contributed by atoms with Crippen molar-refractivity contribution in [3.63, 3.8) is 0 Å². The van der Waals surface area contributed by atoms with Crippen molar-refractivity contribution in [2.45, 2.75) is 12.8 Å². The maximum Gasteiger partial charge on any atom is 0.243 e. The van der Waals surface area contributed by atoms with Gasteiger partial charge in [-0.1, -0.05) is 12.1 Å². The van der Waals surface area contributed by atoms with Crippen molar-refractivity contribution in [2.75, 3.05) is 28.6 Å². The molecule has 0 aliphatic carbocycles. The molecule has 2 N–H and O–H groups in total. The molecule has 2 amide bonds. The highest BCUT2D eigenvalue weighted by molar-refractivity contribution is 5.99. The summed E-state index contributed by atoms with van der Waals surface area (Å²) in [5.74, 6) is -0.500. The third kappa shape index (κ3) is 3.71. The van der Waals surface area contributed by atoms with Gasteiger partial charge in [-0.3, -0.25) is 9.59 Å². The molecule has 2 aromatic carbocycles. The number of anilines is 3. The zero-order valence-electron chi connectivity index (χ0n) is 13.1. The smallest absolute Gasteiger partial charge is 0.243 e. The van der Waals surface area contributed by atoms with Crippen LogP contribution in [0.3, 0.4) is 0 Å². The fourth-order valence-corrected chi connectivity index (χ4v) is 2.68. The second-order valence-corrected chi connectivity index (χ2v) is 5.57. The number of amides is 2. The predicted octanol–water partition coefficient (Wildman–Crippen LogP) is 3.00. The van der Waals surface area contributed by atoms with Gasteiger partial charge in [0.1, 0.15) is 5.82 Å². The first kappa shape index (κ1) is 16.0. The maximum absolute atomic E-state index is 12.9. The van der Waals surface area contributed by atoms with E-state index in [2.05, 4.69) is 10.6 Å². The monoisotopic (exact) mass is 327 g/mol. The maximum atomic E-state index is 12.9. The number of nitrogens with one attached hydrogen (secondary N) is 2. The van der Waals surface area contributed by atoms with Gasteiger partial charge in [0.25, 0.3) is 0 Å². The van der Waals surface area contributed by atoms with Crippen LogP contribution in [0.5, 0.6) is 0 Å². The second-order valence-electron chi connectivity index (χ2n) is 5.57. The topological polar surface area (TPSA) is 61.4 Å². The number of hydrogen-bond acceptors (Lipinski definition) is 3. The Hall–Kier alpha value is -2.89. The summed E-state index contributed by atoms with van der Waals surface area (Å²) in [6.45, 7) is 0.746. The van der Waals surface area contributed by atoms with Gasteiger partial charge in [-0.2, -0.15) is 0 Å². The van der Waals surface area contributed by atoms with Crippen LogP contribution in [-0.4, -0.2) is 24.9 Å². The van der Waals surface area contributed by atoms with E-state index in [9.17, 15) is 14.0 Å². The lowest BCUT2D eigenvalue weighted by Gasteiger charge is -2.20. The lowest BCUT2D eigenvalue weighted by molar-refractivity contribution is -0.117. The van der Waals surface area contributed by atoms with Gasteiger partial charge in [0.2, 0.25) is 11.8 Å². The molecule has 5 nitrogen and oxygen atoms in total. The van der Waals surface area contributed by atoms with Gasteiger partial charge in [0, 0.05) is 18.7 Å². The van der Waals surface area contributed by atoms with Crippen molar-refractivity contribution in [3.05, 3.63) is 54.3 Å². The van der Waals surface area contributed by atoms with E-state index in [0.29, 0.717) is 18.7 Å². The fourth-order valence-electron chi connectivity index (χ4n) is 2.68. The molecule has 124 valence electrons. The average molecular weight is 327 g/mol. The van der Waals surface area contributed by atoms with Gasteiger partial charge in [-0.25, -0.2) is 4.39 Å². The Labute approximate surface area is 139 Å². The largest absolute Gasteiger partial charge is 0.374 e. The molecule has 3 rings (SSSR count). The molecular formula is C18H18FN3O2. The molecule has 0 aromatic heterocycles. The van der Waals surface area contributed by atoms with E-state index < -0.39 is 0 Å². The lowest BCUT2D eigenvalue weighted by atomic mass is 10.2. The molecule has 6 heteroatoms. The number of hydrogen-bond donors (Lipinski definition) is 2. The minimum atomic E-state index is -0.352. The Kier molecular flexibility index (Phi) is 4.74. The minimum Gasteiger partial charge on any atom is -0.374 e. The zero-order chi connectivity index (χ0) is 16.9. The van der Waals surface area contributed by atoms with Crippen LogP contribution in [0, 0.1) is 5.82 Å². The predicted molar refractivity (Wildman–Crippen MR) is 91.5 cm³/mol. The normalized spacial score (nSPS) is 13.9. The van der Waals surface area contributed by atoms with Gasteiger partial charge in [0.15, 0.2) is 0 Å². The van der Waals surface area contributed by atoms with Crippen LogP contribution < -0.4 is 15.5 Å². The van der Waals surface area contributed by atoms with Crippen LogP contribution in [0.1, 0.15) is 12.8 Å². The number of halogens is 1. The third-order valence-corrected chi connectivity index (χ3v) is 3.84. The lowest BCUT2D eigenvalue weighted by Crippen LogP contribution is -2.26. The van der Waals surface area contributed by atoms with Crippen molar-refractivity contribution in [2.24, 2.45) is 0 Å². The zero-order valence-corrected chi connectivity index (χ0v) is 13.1. The molecule has 0 saturated carbocycles. The Bertz CT molecular complexity index is 746. The number of rotatable bonds is 5. The highest BCUT2D eigenvalue weighted by Gasteiger charge is 2.23. The Balaban J connectivity index is 1.63. The first-order valence-electron chi connectivity index (χ1n) is 7.82. The highest BCUT2D eigenvalue weighted by Crippen LogP contribution is 2.29. The van der Waals surface area contributed by atoms with Crippen molar-refractivity contribution in [3.8, 4) is 0 Å². The number of carbonyl (C=O) groups is 2. The van der Waals surface area contributed by atoms with Gasteiger partial charge in [0.05, 0.1) is 17.9 Å². The van der Waals surface area contributed by atoms with Crippen LogP contribution in [0.2, 0.25) is 0 Å². The Morgan fingerprint density at radius 1 is 1.12 bits per heavy atom. The van der Waals surface area contributed by atoms with Gasteiger partial charge in [-0.15, -0.1) is 0 Å². The summed E-state index contributed by atoms with van der Waals surface area (Å²) in [6.07, 6.45) is 1.40. The van der Waals surface area contributed by atoms with Gasteiger partial charge in [-0.05, 0) is 42.8 Å². The van der Waals surface area contributed by atoms with E-state index in [1.165, 1.54) is 24.3 Å².